The minimum Gasteiger partial charge on any atom is -0.399 e. The number of nitrogen functional groups attached to an aromatic ring is 1. The van der Waals surface area contributed by atoms with Crippen molar-refractivity contribution in [2.75, 3.05) is 5.73 Å². The van der Waals surface area contributed by atoms with Crippen LogP contribution in [0.5, 0.6) is 0 Å². The Morgan fingerprint density at radius 3 is 2.53 bits per heavy atom. The molecule has 0 fully saturated rings. The molecule has 0 unspecified atom stereocenters. The lowest BCUT2D eigenvalue weighted by Gasteiger charge is -2.12. The summed E-state index contributed by atoms with van der Waals surface area (Å²) in [5.41, 5.74) is 11.7. The topological polar surface area (TPSA) is 43.8 Å². The largest absolute Gasteiger partial charge is 0.399 e. The molecule has 0 saturated heterocycles. The number of fused-ring (bicyclic) bond motifs is 2. The van der Waals surface area contributed by atoms with Crippen LogP contribution >= 0.6 is 0 Å². The molecule has 1 aliphatic rings. The number of anilines is 1. The Bertz CT molecular complexity index is 733. The fourth-order valence-electron chi connectivity index (χ4n) is 3.07. The molecule has 2 aromatic carbocycles. The van der Waals surface area contributed by atoms with Gasteiger partial charge < -0.3 is 10.3 Å². The van der Waals surface area contributed by atoms with Crippen molar-refractivity contribution in [1.29, 1.82) is 0 Å². The van der Waals surface area contributed by atoms with Crippen LogP contribution < -0.4 is 5.73 Å². The lowest BCUT2D eigenvalue weighted by molar-refractivity contribution is 0.543. The second-order valence-corrected chi connectivity index (χ2v) is 5.23. The van der Waals surface area contributed by atoms with Crippen LogP contribution in [0.3, 0.4) is 0 Å². The normalized spacial score (nSPS) is 14.9. The lowest BCUT2D eigenvalue weighted by atomic mass is 10.1. The molecule has 0 bridgehead atoms. The van der Waals surface area contributed by atoms with E-state index >= 15 is 0 Å². The third-order valence-corrected chi connectivity index (χ3v) is 4.02. The first-order chi connectivity index (χ1) is 9.31. The SMILES string of the molecule is Nc1ccc2c(c1)ncn2C1Cc2ccccc2C1. The highest BCUT2D eigenvalue weighted by Gasteiger charge is 2.23. The summed E-state index contributed by atoms with van der Waals surface area (Å²) in [4.78, 5) is 4.47. The van der Waals surface area contributed by atoms with Crippen molar-refractivity contribution in [3.63, 3.8) is 0 Å². The van der Waals surface area contributed by atoms with E-state index in [1.807, 2.05) is 18.5 Å². The molecule has 0 aliphatic heterocycles. The van der Waals surface area contributed by atoms with E-state index in [4.69, 9.17) is 5.73 Å². The van der Waals surface area contributed by atoms with Gasteiger partial charge in [0, 0.05) is 11.7 Å². The second-order valence-electron chi connectivity index (χ2n) is 5.23. The molecule has 0 radical (unpaired) electrons. The summed E-state index contributed by atoms with van der Waals surface area (Å²) < 4.78 is 2.29. The van der Waals surface area contributed by atoms with Crippen LogP contribution in [0.1, 0.15) is 17.2 Å². The van der Waals surface area contributed by atoms with E-state index in [-0.39, 0.29) is 0 Å². The number of benzene rings is 2. The number of imidazole rings is 1. The first kappa shape index (κ1) is 10.6. The van der Waals surface area contributed by atoms with E-state index in [0.717, 1.165) is 24.0 Å². The van der Waals surface area contributed by atoms with Gasteiger partial charge in [-0.15, -0.1) is 0 Å². The van der Waals surface area contributed by atoms with Gasteiger partial charge in [0.25, 0.3) is 0 Å². The summed E-state index contributed by atoms with van der Waals surface area (Å²) in [6.07, 6.45) is 4.12. The Hall–Kier alpha value is -2.29. The maximum absolute atomic E-state index is 5.81. The van der Waals surface area contributed by atoms with Gasteiger partial charge in [-0.25, -0.2) is 4.98 Å². The molecular weight excluding hydrogens is 234 g/mol. The van der Waals surface area contributed by atoms with Crippen LogP contribution in [0.4, 0.5) is 5.69 Å². The van der Waals surface area contributed by atoms with Crippen LogP contribution in [0, 0.1) is 0 Å². The van der Waals surface area contributed by atoms with Crippen molar-refractivity contribution in [1.82, 2.24) is 9.55 Å². The summed E-state index contributed by atoms with van der Waals surface area (Å²) in [5.74, 6) is 0. The van der Waals surface area contributed by atoms with Crippen molar-refractivity contribution < 1.29 is 0 Å². The van der Waals surface area contributed by atoms with Gasteiger partial charge in [-0.05, 0) is 42.2 Å². The van der Waals surface area contributed by atoms with Crippen LogP contribution in [-0.2, 0) is 12.8 Å². The standard InChI is InChI=1S/C16H15N3/c17-13-5-6-16-15(9-13)18-10-19(16)14-7-11-3-1-2-4-12(11)8-14/h1-6,9-10,14H,7-8,17H2. The Morgan fingerprint density at radius 1 is 1.05 bits per heavy atom. The van der Waals surface area contributed by atoms with Gasteiger partial charge >= 0.3 is 0 Å². The van der Waals surface area contributed by atoms with Crippen molar-refractivity contribution in [2.24, 2.45) is 0 Å². The Balaban J connectivity index is 1.77. The summed E-state index contributed by atoms with van der Waals surface area (Å²) in [7, 11) is 0. The molecule has 0 saturated carbocycles. The molecule has 1 aromatic heterocycles. The molecule has 0 spiro atoms. The molecule has 19 heavy (non-hydrogen) atoms. The van der Waals surface area contributed by atoms with Gasteiger partial charge in [-0.1, -0.05) is 24.3 Å². The van der Waals surface area contributed by atoms with Gasteiger partial charge in [0.15, 0.2) is 0 Å². The van der Waals surface area contributed by atoms with Gasteiger partial charge in [-0.2, -0.15) is 0 Å². The summed E-state index contributed by atoms with van der Waals surface area (Å²) in [5, 5.41) is 0. The zero-order chi connectivity index (χ0) is 12.8. The first-order valence-electron chi connectivity index (χ1n) is 6.60. The number of aromatic nitrogens is 2. The van der Waals surface area contributed by atoms with Gasteiger partial charge in [-0.3, -0.25) is 0 Å². The predicted molar refractivity (Wildman–Crippen MR) is 77.0 cm³/mol. The van der Waals surface area contributed by atoms with Crippen LogP contribution in [0.2, 0.25) is 0 Å². The number of nitrogens with zero attached hydrogens (tertiary/aromatic N) is 2. The molecule has 94 valence electrons. The average Bonchev–Trinajstić information content (AvgIpc) is 3.00. The van der Waals surface area contributed by atoms with E-state index in [2.05, 4.69) is 39.9 Å². The van der Waals surface area contributed by atoms with Crippen LogP contribution in [0.15, 0.2) is 48.8 Å². The van der Waals surface area contributed by atoms with Crippen molar-refractivity contribution >= 4 is 16.7 Å². The van der Waals surface area contributed by atoms with E-state index < -0.39 is 0 Å². The first-order valence-corrected chi connectivity index (χ1v) is 6.60. The Labute approximate surface area is 111 Å². The third-order valence-electron chi connectivity index (χ3n) is 4.02. The number of hydrogen-bond donors (Lipinski definition) is 1. The maximum Gasteiger partial charge on any atom is 0.0961 e. The van der Waals surface area contributed by atoms with Crippen molar-refractivity contribution in [2.45, 2.75) is 18.9 Å². The molecule has 4 rings (SSSR count). The lowest BCUT2D eigenvalue weighted by Crippen LogP contribution is -2.07. The molecule has 1 aliphatic carbocycles. The monoisotopic (exact) mass is 249 g/mol. The molecule has 0 amide bonds. The highest BCUT2D eigenvalue weighted by atomic mass is 15.1. The van der Waals surface area contributed by atoms with Gasteiger partial charge in [0.1, 0.15) is 0 Å². The fourth-order valence-corrected chi connectivity index (χ4v) is 3.07. The average molecular weight is 249 g/mol. The van der Waals surface area contributed by atoms with E-state index in [1.54, 1.807) is 0 Å². The van der Waals surface area contributed by atoms with E-state index in [1.165, 1.54) is 16.6 Å². The molecular formula is C16H15N3. The number of rotatable bonds is 1. The molecule has 2 N–H and O–H groups in total. The second kappa shape index (κ2) is 3.85. The third kappa shape index (κ3) is 1.62. The van der Waals surface area contributed by atoms with Crippen LogP contribution in [0.25, 0.3) is 11.0 Å². The predicted octanol–water partition coefficient (Wildman–Crippen LogP) is 2.96. The zero-order valence-electron chi connectivity index (χ0n) is 10.6. The molecule has 0 atom stereocenters. The molecule has 3 nitrogen and oxygen atoms in total. The Kier molecular flexibility index (Phi) is 2.15. The summed E-state index contributed by atoms with van der Waals surface area (Å²) in [6.45, 7) is 0. The fraction of sp³-hybridized carbons (Fsp3) is 0.188. The summed E-state index contributed by atoms with van der Waals surface area (Å²) >= 11 is 0. The number of hydrogen-bond acceptors (Lipinski definition) is 2. The van der Waals surface area contributed by atoms with Crippen LogP contribution in [-0.4, -0.2) is 9.55 Å². The van der Waals surface area contributed by atoms with Crippen molar-refractivity contribution in [3.05, 3.63) is 59.9 Å². The van der Waals surface area contributed by atoms with Crippen molar-refractivity contribution in [3.8, 4) is 0 Å². The zero-order valence-corrected chi connectivity index (χ0v) is 10.6. The van der Waals surface area contributed by atoms with Gasteiger partial charge in [0.2, 0.25) is 0 Å². The quantitative estimate of drug-likeness (QED) is 0.674. The molecule has 3 heteroatoms. The van der Waals surface area contributed by atoms with E-state index in [0.29, 0.717) is 6.04 Å². The maximum atomic E-state index is 5.81. The summed E-state index contributed by atoms with van der Waals surface area (Å²) in [6, 6.07) is 15.1. The minimum absolute atomic E-state index is 0.478. The highest BCUT2D eigenvalue weighted by Crippen LogP contribution is 2.32. The van der Waals surface area contributed by atoms with E-state index in [9.17, 15) is 0 Å². The Morgan fingerprint density at radius 2 is 1.79 bits per heavy atom. The number of nitrogens with two attached hydrogens (primary N) is 1. The van der Waals surface area contributed by atoms with Gasteiger partial charge in [0.05, 0.1) is 17.4 Å². The highest BCUT2D eigenvalue weighted by molar-refractivity contribution is 5.79. The molecule has 1 heterocycles. The molecule has 3 aromatic rings. The minimum atomic E-state index is 0.478. The smallest absolute Gasteiger partial charge is 0.0961 e.